The Morgan fingerprint density at radius 3 is 2.34 bits per heavy atom. The maximum absolute atomic E-state index is 15.7. The van der Waals surface area contributed by atoms with E-state index in [-0.39, 0.29) is 54.6 Å². The zero-order chi connectivity index (χ0) is 36.7. The second kappa shape index (κ2) is 17.1. The molecule has 1 aromatic carbocycles. The number of ether oxygens (including phenoxy) is 1. The quantitative estimate of drug-likeness (QED) is 0.305. The smallest absolute Gasteiger partial charge is 0.270 e. The van der Waals surface area contributed by atoms with Crippen LogP contribution in [0.15, 0.2) is 42.1 Å². The summed E-state index contributed by atoms with van der Waals surface area (Å²) >= 11 is 0. The summed E-state index contributed by atoms with van der Waals surface area (Å²) in [6.07, 6.45) is -0.484. The normalized spacial score (nSPS) is 20.7. The number of piperazine rings is 1. The molecule has 1 aliphatic carbocycles. The summed E-state index contributed by atoms with van der Waals surface area (Å²) in [5, 5.41) is 12.2. The van der Waals surface area contributed by atoms with Gasteiger partial charge in [-0.1, -0.05) is 13.0 Å². The first-order chi connectivity index (χ1) is 23.7. The number of allylic oxidation sites excluding steroid dienone is 1. The number of aryl methyl sites for hydroxylation is 1. The molecule has 1 aliphatic heterocycles. The lowest BCUT2D eigenvalue weighted by molar-refractivity contribution is -0.141. The van der Waals surface area contributed by atoms with Gasteiger partial charge in [-0.3, -0.25) is 23.9 Å². The number of methoxy groups -OCH3 is 1. The molecule has 0 unspecified atom stereocenters. The summed E-state index contributed by atoms with van der Waals surface area (Å²) in [5.74, 6) is -3.99. The lowest BCUT2D eigenvalue weighted by atomic mass is 9.81. The second-order valence-electron chi connectivity index (χ2n) is 13.2. The molecule has 2 aromatic rings. The Morgan fingerprint density at radius 1 is 1.04 bits per heavy atom. The Hall–Kier alpha value is -4.24. The first-order valence-corrected chi connectivity index (χ1v) is 17.0. The summed E-state index contributed by atoms with van der Waals surface area (Å²) < 4.78 is 48.9. The molecule has 1 saturated heterocycles. The van der Waals surface area contributed by atoms with E-state index in [0.29, 0.717) is 31.7 Å². The number of carbonyl (C=O) groups excluding carboxylic acids is 4. The fraction of sp³-hybridized carbons (Fsp3) is 0.571. The van der Waals surface area contributed by atoms with E-state index in [9.17, 15) is 28.0 Å². The van der Waals surface area contributed by atoms with Gasteiger partial charge in [0.1, 0.15) is 29.7 Å². The maximum Gasteiger partial charge on any atom is 0.270 e. The van der Waals surface area contributed by atoms with E-state index in [2.05, 4.69) is 25.9 Å². The van der Waals surface area contributed by atoms with E-state index >= 15 is 4.39 Å². The molecule has 2 fully saturated rings. The number of anilines is 1. The first kappa shape index (κ1) is 38.6. The number of aromatic nitrogens is 2. The number of nitrogens with one attached hydrogen (secondary N) is 3. The van der Waals surface area contributed by atoms with Crippen LogP contribution < -0.4 is 16.0 Å². The van der Waals surface area contributed by atoms with Crippen molar-refractivity contribution in [3.05, 3.63) is 59.2 Å². The van der Waals surface area contributed by atoms with Crippen LogP contribution >= 0.6 is 0 Å². The minimum Gasteiger partial charge on any atom is -0.372 e. The van der Waals surface area contributed by atoms with Crippen molar-refractivity contribution in [2.45, 2.75) is 90.1 Å². The minimum atomic E-state index is -1.73. The van der Waals surface area contributed by atoms with Gasteiger partial charge < -0.3 is 30.5 Å². The highest BCUT2D eigenvalue weighted by atomic mass is 19.3. The number of benzene rings is 1. The molecule has 50 heavy (non-hydrogen) atoms. The predicted octanol–water partition coefficient (Wildman–Crippen LogP) is 3.91. The molecule has 12 nitrogen and oxygen atoms in total. The number of amides is 4. The molecule has 274 valence electrons. The van der Waals surface area contributed by atoms with Gasteiger partial charge in [-0.25, -0.2) is 4.39 Å². The zero-order valence-electron chi connectivity index (χ0n) is 29.5. The summed E-state index contributed by atoms with van der Waals surface area (Å²) in [5.41, 5.74) is 0.494. The number of hydrogen-bond donors (Lipinski definition) is 3. The topological polar surface area (TPSA) is 138 Å². The molecule has 0 spiro atoms. The van der Waals surface area contributed by atoms with Crippen molar-refractivity contribution in [3.63, 3.8) is 0 Å². The molecule has 0 bridgehead atoms. The van der Waals surface area contributed by atoms with Crippen LogP contribution in [0.4, 0.5) is 18.9 Å². The van der Waals surface area contributed by atoms with Gasteiger partial charge >= 0.3 is 0 Å². The largest absolute Gasteiger partial charge is 0.372 e. The van der Waals surface area contributed by atoms with E-state index < -0.39 is 59.6 Å². The van der Waals surface area contributed by atoms with E-state index in [4.69, 9.17) is 4.74 Å². The van der Waals surface area contributed by atoms with Crippen LogP contribution in [-0.2, 0) is 25.7 Å². The highest BCUT2D eigenvalue weighted by Crippen LogP contribution is 2.34. The van der Waals surface area contributed by atoms with Gasteiger partial charge in [-0.2, -0.15) is 13.9 Å². The number of rotatable bonds is 12. The molecule has 2 heterocycles. The first-order valence-electron chi connectivity index (χ1n) is 17.0. The summed E-state index contributed by atoms with van der Waals surface area (Å²) in [6.45, 7) is 9.10. The van der Waals surface area contributed by atoms with Crippen LogP contribution in [0.1, 0.15) is 75.3 Å². The molecular weight excluding hydrogens is 655 g/mol. The fourth-order valence-corrected chi connectivity index (χ4v) is 6.44. The molecule has 1 saturated carbocycles. The highest BCUT2D eigenvalue weighted by Gasteiger charge is 2.37. The average molecular weight is 704 g/mol. The van der Waals surface area contributed by atoms with Gasteiger partial charge in [0, 0.05) is 51.4 Å². The number of hydrogen-bond acceptors (Lipinski definition) is 7. The Kier molecular flexibility index (Phi) is 13.2. The lowest BCUT2D eigenvalue weighted by Gasteiger charge is -2.40. The van der Waals surface area contributed by atoms with Crippen molar-refractivity contribution in [1.82, 2.24) is 30.2 Å². The van der Waals surface area contributed by atoms with Gasteiger partial charge in [0.05, 0.1) is 5.69 Å². The van der Waals surface area contributed by atoms with Crippen LogP contribution in [-0.4, -0.2) is 101 Å². The SMILES string of the molecule is CCn1nccc1C(=O)N[C@H](C(=O)Nc1ccc([C@H](C)[C@@H](NC(=O)[C@H](C)OC)C(=O)N2CCN(C)[C@H](C)C2)cc1F)C1CCC(=C(F)F)CC1. The van der Waals surface area contributed by atoms with E-state index in [1.807, 2.05) is 14.0 Å². The highest BCUT2D eigenvalue weighted by molar-refractivity contribution is 6.00. The number of carbonyl (C=O) groups is 4. The van der Waals surface area contributed by atoms with Crippen molar-refractivity contribution < 1.29 is 37.1 Å². The fourth-order valence-electron chi connectivity index (χ4n) is 6.44. The minimum absolute atomic E-state index is 0.0262. The summed E-state index contributed by atoms with van der Waals surface area (Å²) in [7, 11) is 3.36. The maximum atomic E-state index is 15.7. The summed E-state index contributed by atoms with van der Waals surface area (Å²) in [4.78, 5) is 57.5. The van der Waals surface area contributed by atoms with Gasteiger partial charge in [0.25, 0.3) is 12.0 Å². The number of likely N-dealkylation sites (N-methyl/N-ethyl adjacent to an activating group) is 1. The van der Waals surface area contributed by atoms with E-state index in [1.165, 1.54) is 36.2 Å². The number of halogens is 3. The monoisotopic (exact) mass is 703 g/mol. The Bertz CT molecular complexity index is 1570. The van der Waals surface area contributed by atoms with Crippen LogP contribution in [0, 0.1) is 11.7 Å². The van der Waals surface area contributed by atoms with Crippen LogP contribution in [0.3, 0.4) is 0 Å². The Labute approximate surface area is 290 Å². The average Bonchev–Trinajstić information content (AvgIpc) is 3.60. The molecule has 0 radical (unpaired) electrons. The third-order valence-corrected chi connectivity index (χ3v) is 10.0. The molecule has 1 aromatic heterocycles. The predicted molar refractivity (Wildman–Crippen MR) is 181 cm³/mol. The van der Waals surface area contributed by atoms with E-state index in [1.54, 1.807) is 31.7 Å². The van der Waals surface area contributed by atoms with Crippen LogP contribution in [0.2, 0.25) is 0 Å². The van der Waals surface area contributed by atoms with E-state index in [0.717, 1.165) is 0 Å². The lowest BCUT2D eigenvalue weighted by Crippen LogP contribution is -2.58. The number of nitrogens with zero attached hydrogens (tertiary/aromatic N) is 4. The van der Waals surface area contributed by atoms with Gasteiger partial charge in [-0.05, 0) is 88.8 Å². The molecule has 15 heteroatoms. The Morgan fingerprint density at radius 2 is 1.74 bits per heavy atom. The molecule has 3 N–H and O–H groups in total. The molecule has 4 rings (SSSR count). The van der Waals surface area contributed by atoms with Crippen LogP contribution in [0.25, 0.3) is 0 Å². The van der Waals surface area contributed by atoms with Gasteiger partial charge in [0.15, 0.2) is 0 Å². The second-order valence-corrected chi connectivity index (χ2v) is 13.2. The third kappa shape index (κ3) is 9.10. The van der Waals surface area contributed by atoms with Crippen LogP contribution in [0.5, 0.6) is 0 Å². The van der Waals surface area contributed by atoms with Crippen molar-refractivity contribution in [3.8, 4) is 0 Å². The summed E-state index contributed by atoms with van der Waals surface area (Å²) in [6, 6.07) is 3.59. The third-order valence-electron chi connectivity index (χ3n) is 10.0. The molecule has 4 amide bonds. The molecule has 5 atom stereocenters. The molecular formula is C35H48F3N7O5. The van der Waals surface area contributed by atoms with Crippen molar-refractivity contribution in [2.24, 2.45) is 5.92 Å². The van der Waals surface area contributed by atoms with Crippen molar-refractivity contribution in [2.75, 3.05) is 39.1 Å². The van der Waals surface area contributed by atoms with Gasteiger partial charge in [-0.15, -0.1) is 0 Å². The zero-order valence-corrected chi connectivity index (χ0v) is 29.5. The standard InChI is InChI=1S/C35H48F3N7O5/c1-7-45-28(14-15-39-45)33(47)42-30(23-8-10-24(11-9-23)31(37)38)34(48)40-27-13-12-25(18-26(27)36)21(3)29(41-32(46)22(4)50-6)35(49)44-17-16-43(5)20(2)19-44/h12-15,18,20-23,29-30H,7-11,16-17,19H2,1-6H3,(H,40,48)(H,41,46)(H,42,47)/t20-,21+,22+,29-,30+/m1/s1. The Balaban J connectivity index is 1.56. The van der Waals surface area contributed by atoms with Crippen molar-refractivity contribution >= 4 is 29.3 Å². The molecule has 2 aliphatic rings. The van der Waals surface area contributed by atoms with Gasteiger partial charge in [0.2, 0.25) is 17.7 Å². The van der Waals surface area contributed by atoms with Crippen molar-refractivity contribution in [1.29, 1.82) is 0 Å².